The minimum Gasteiger partial charge on any atom is -0.353 e. The molecular weight excluding hydrogens is 332 g/mol. The molecule has 0 spiro atoms. The molecule has 1 aromatic heterocycles. The second-order valence-electron chi connectivity index (χ2n) is 6.68. The molecular formula is C20H27ClN4. The van der Waals surface area contributed by atoms with E-state index in [1.54, 1.807) is 0 Å². The van der Waals surface area contributed by atoms with Crippen molar-refractivity contribution in [3.63, 3.8) is 0 Å². The van der Waals surface area contributed by atoms with Gasteiger partial charge in [0.1, 0.15) is 5.82 Å². The maximum atomic E-state index is 6.09. The van der Waals surface area contributed by atoms with Crippen LogP contribution in [0.5, 0.6) is 0 Å². The van der Waals surface area contributed by atoms with Gasteiger partial charge in [-0.15, -0.1) is 0 Å². The minimum absolute atomic E-state index is 0.581. The summed E-state index contributed by atoms with van der Waals surface area (Å²) in [5.74, 6) is 1.71. The molecule has 0 bridgehead atoms. The van der Waals surface area contributed by atoms with Gasteiger partial charge in [0.15, 0.2) is 0 Å². The van der Waals surface area contributed by atoms with Gasteiger partial charge in [-0.2, -0.15) is 4.98 Å². The van der Waals surface area contributed by atoms with Crippen LogP contribution in [0.1, 0.15) is 51.6 Å². The fraction of sp³-hybridized carbons (Fsp3) is 0.500. The van der Waals surface area contributed by atoms with E-state index < -0.39 is 0 Å². The fourth-order valence-corrected chi connectivity index (χ4v) is 3.68. The Bertz CT molecular complexity index is 704. The molecule has 1 fully saturated rings. The molecule has 1 N–H and O–H groups in total. The second-order valence-corrected chi connectivity index (χ2v) is 7.11. The van der Waals surface area contributed by atoms with E-state index in [1.165, 1.54) is 19.3 Å². The maximum absolute atomic E-state index is 6.09. The highest BCUT2D eigenvalue weighted by Crippen LogP contribution is 2.27. The zero-order valence-electron chi connectivity index (χ0n) is 15.1. The number of nitrogens with one attached hydrogen (secondary N) is 1. The van der Waals surface area contributed by atoms with E-state index in [0.717, 1.165) is 43.0 Å². The van der Waals surface area contributed by atoms with Gasteiger partial charge >= 0.3 is 0 Å². The fourth-order valence-electron chi connectivity index (χ4n) is 3.49. The van der Waals surface area contributed by atoms with Gasteiger partial charge in [-0.25, -0.2) is 4.98 Å². The van der Waals surface area contributed by atoms with Crippen molar-refractivity contribution < 1.29 is 0 Å². The molecule has 3 rings (SSSR count). The van der Waals surface area contributed by atoms with E-state index in [9.17, 15) is 0 Å². The predicted octanol–water partition coefficient (Wildman–Crippen LogP) is 5.60. The van der Waals surface area contributed by atoms with E-state index in [0.29, 0.717) is 17.0 Å². The van der Waals surface area contributed by atoms with Crippen LogP contribution in [0.4, 0.5) is 17.5 Å². The van der Waals surface area contributed by atoms with Gasteiger partial charge in [-0.3, -0.25) is 0 Å². The molecule has 1 aliphatic rings. The van der Waals surface area contributed by atoms with Crippen LogP contribution in [-0.4, -0.2) is 22.6 Å². The van der Waals surface area contributed by atoms with Crippen molar-refractivity contribution in [2.45, 2.75) is 58.4 Å². The van der Waals surface area contributed by atoms with Crippen LogP contribution in [-0.2, 0) is 6.42 Å². The van der Waals surface area contributed by atoms with Gasteiger partial charge in [-0.05, 0) is 50.3 Å². The first-order valence-electron chi connectivity index (χ1n) is 9.36. The van der Waals surface area contributed by atoms with Crippen molar-refractivity contribution in [3.8, 4) is 0 Å². The number of piperidine rings is 1. The summed E-state index contributed by atoms with van der Waals surface area (Å²) >= 11 is 6.09. The van der Waals surface area contributed by atoms with Crippen molar-refractivity contribution in [2.75, 3.05) is 16.8 Å². The number of hydrogen-bond acceptors (Lipinski definition) is 4. The number of benzene rings is 1. The number of aromatic nitrogens is 2. The lowest BCUT2D eigenvalue weighted by Gasteiger charge is -2.36. The summed E-state index contributed by atoms with van der Waals surface area (Å²) < 4.78 is 0. The summed E-state index contributed by atoms with van der Waals surface area (Å²) in [6.07, 6.45) is 7.00. The van der Waals surface area contributed by atoms with Gasteiger partial charge in [0.05, 0.1) is 0 Å². The number of aryl methyl sites for hydroxylation is 1. The standard InChI is InChI=1S/C20H27ClN4/c1-3-8-16-14-19(25-12-6-5-11-18(25)4-2)24-20(22-16)23-17-10-7-9-15(21)13-17/h7,9-10,13-14,18H,3-6,8,11-12H2,1-2H3,(H,22,23,24). The number of halogens is 1. The highest BCUT2D eigenvalue weighted by atomic mass is 35.5. The van der Waals surface area contributed by atoms with Gasteiger partial charge in [0.2, 0.25) is 5.95 Å². The van der Waals surface area contributed by atoms with Crippen molar-refractivity contribution in [2.24, 2.45) is 0 Å². The largest absolute Gasteiger partial charge is 0.353 e. The summed E-state index contributed by atoms with van der Waals surface area (Å²) in [6, 6.07) is 10.4. The molecule has 0 radical (unpaired) electrons. The Morgan fingerprint density at radius 3 is 2.84 bits per heavy atom. The van der Waals surface area contributed by atoms with Gasteiger partial charge < -0.3 is 10.2 Å². The molecule has 1 unspecified atom stereocenters. The molecule has 0 aliphatic carbocycles. The third kappa shape index (κ3) is 4.63. The molecule has 1 atom stereocenters. The molecule has 2 heterocycles. The van der Waals surface area contributed by atoms with E-state index >= 15 is 0 Å². The summed E-state index contributed by atoms with van der Waals surface area (Å²) in [4.78, 5) is 12.0. The van der Waals surface area contributed by atoms with Gasteiger partial charge in [0.25, 0.3) is 0 Å². The summed E-state index contributed by atoms with van der Waals surface area (Å²) in [5.41, 5.74) is 2.01. The second kappa shape index (κ2) is 8.52. The zero-order valence-corrected chi connectivity index (χ0v) is 15.9. The Morgan fingerprint density at radius 1 is 1.20 bits per heavy atom. The smallest absolute Gasteiger partial charge is 0.229 e. The molecule has 1 saturated heterocycles. The highest BCUT2D eigenvalue weighted by Gasteiger charge is 2.23. The molecule has 1 aliphatic heterocycles. The monoisotopic (exact) mass is 358 g/mol. The SMILES string of the molecule is CCCc1cc(N2CCCCC2CC)nc(Nc2cccc(Cl)c2)n1. The Morgan fingerprint density at radius 2 is 2.08 bits per heavy atom. The third-order valence-corrected chi connectivity index (χ3v) is 4.98. The van der Waals surface area contributed by atoms with Crippen molar-refractivity contribution >= 4 is 29.1 Å². The predicted molar refractivity (Wildman–Crippen MR) is 106 cm³/mol. The minimum atomic E-state index is 0.581. The van der Waals surface area contributed by atoms with E-state index in [2.05, 4.69) is 30.1 Å². The molecule has 2 aromatic rings. The third-order valence-electron chi connectivity index (χ3n) is 4.75. The lowest BCUT2D eigenvalue weighted by atomic mass is 10.00. The quantitative estimate of drug-likeness (QED) is 0.730. The van der Waals surface area contributed by atoms with E-state index in [4.69, 9.17) is 21.6 Å². The zero-order chi connectivity index (χ0) is 17.6. The number of hydrogen-bond donors (Lipinski definition) is 1. The van der Waals surface area contributed by atoms with Gasteiger partial charge in [0, 0.05) is 35.1 Å². The lowest BCUT2D eigenvalue weighted by Crippen LogP contribution is -2.39. The molecule has 4 nitrogen and oxygen atoms in total. The average molecular weight is 359 g/mol. The Balaban J connectivity index is 1.91. The average Bonchev–Trinajstić information content (AvgIpc) is 2.62. The number of nitrogens with zero attached hydrogens (tertiary/aromatic N) is 3. The Labute approximate surface area is 155 Å². The normalized spacial score (nSPS) is 17.6. The van der Waals surface area contributed by atoms with Crippen LogP contribution in [0.25, 0.3) is 0 Å². The topological polar surface area (TPSA) is 41.1 Å². The summed E-state index contributed by atoms with van der Waals surface area (Å²) in [5, 5.41) is 4.03. The first-order valence-corrected chi connectivity index (χ1v) is 9.74. The molecule has 5 heteroatoms. The van der Waals surface area contributed by atoms with Crippen LogP contribution in [0.3, 0.4) is 0 Å². The van der Waals surface area contributed by atoms with Crippen LogP contribution in [0.15, 0.2) is 30.3 Å². The van der Waals surface area contributed by atoms with Crippen LogP contribution >= 0.6 is 11.6 Å². The summed E-state index contributed by atoms with van der Waals surface area (Å²) in [6.45, 7) is 5.53. The van der Waals surface area contributed by atoms with Crippen molar-refractivity contribution in [1.29, 1.82) is 0 Å². The molecule has 134 valence electrons. The van der Waals surface area contributed by atoms with Gasteiger partial charge in [-0.1, -0.05) is 37.9 Å². The summed E-state index contributed by atoms with van der Waals surface area (Å²) in [7, 11) is 0. The molecule has 0 saturated carbocycles. The first kappa shape index (κ1) is 18.0. The molecule has 25 heavy (non-hydrogen) atoms. The number of rotatable bonds is 6. The molecule has 1 aromatic carbocycles. The van der Waals surface area contributed by atoms with Crippen LogP contribution in [0.2, 0.25) is 5.02 Å². The first-order chi connectivity index (χ1) is 12.2. The number of anilines is 3. The lowest BCUT2D eigenvalue weighted by molar-refractivity contribution is 0.446. The van der Waals surface area contributed by atoms with Crippen molar-refractivity contribution in [3.05, 3.63) is 41.0 Å². The van der Waals surface area contributed by atoms with Crippen LogP contribution in [0, 0.1) is 0 Å². The molecule has 0 amide bonds. The van der Waals surface area contributed by atoms with Crippen molar-refractivity contribution in [1.82, 2.24) is 9.97 Å². The maximum Gasteiger partial charge on any atom is 0.229 e. The van der Waals surface area contributed by atoms with Crippen LogP contribution < -0.4 is 10.2 Å². The highest BCUT2D eigenvalue weighted by molar-refractivity contribution is 6.30. The van der Waals surface area contributed by atoms with E-state index in [1.807, 2.05) is 24.3 Å². The Kier molecular flexibility index (Phi) is 6.14. The van der Waals surface area contributed by atoms with E-state index in [-0.39, 0.29) is 0 Å². The Hall–Kier alpha value is -1.81.